The molecule has 6 heteroatoms. The maximum Gasteiger partial charge on any atom is 0.323 e. The van der Waals surface area contributed by atoms with Crippen LogP contribution in [0, 0.1) is 0 Å². The SMILES string of the molecule is CCNc1nc(NC2(C)CCC2)nc(OC(C)C)n1. The van der Waals surface area contributed by atoms with Crippen LogP contribution >= 0.6 is 0 Å². The lowest BCUT2D eigenvalue weighted by molar-refractivity contribution is 0.221. The summed E-state index contributed by atoms with van der Waals surface area (Å²) in [5, 5.41) is 6.49. The van der Waals surface area contributed by atoms with Crippen molar-refractivity contribution >= 4 is 11.9 Å². The Bertz CT molecular complexity index is 431. The first-order valence-corrected chi connectivity index (χ1v) is 6.95. The first-order chi connectivity index (χ1) is 9.00. The molecule has 0 unspecified atom stereocenters. The molecule has 0 aromatic carbocycles. The molecule has 0 bridgehead atoms. The van der Waals surface area contributed by atoms with Gasteiger partial charge in [0.2, 0.25) is 11.9 Å². The molecule has 1 saturated carbocycles. The van der Waals surface area contributed by atoms with E-state index in [1.807, 2.05) is 20.8 Å². The number of hydrogen-bond donors (Lipinski definition) is 2. The zero-order chi connectivity index (χ0) is 13.9. The molecule has 1 aromatic heterocycles. The molecule has 1 aliphatic carbocycles. The van der Waals surface area contributed by atoms with Crippen molar-refractivity contribution in [1.82, 2.24) is 15.0 Å². The van der Waals surface area contributed by atoms with Crippen LogP contribution in [0.25, 0.3) is 0 Å². The van der Waals surface area contributed by atoms with E-state index in [0.29, 0.717) is 17.9 Å². The molecule has 1 aliphatic rings. The van der Waals surface area contributed by atoms with Gasteiger partial charge in [-0.15, -0.1) is 0 Å². The van der Waals surface area contributed by atoms with E-state index in [0.717, 1.165) is 19.4 Å². The van der Waals surface area contributed by atoms with E-state index in [1.54, 1.807) is 0 Å². The molecule has 0 radical (unpaired) electrons. The molecule has 6 nitrogen and oxygen atoms in total. The second-order valence-corrected chi connectivity index (χ2v) is 5.50. The van der Waals surface area contributed by atoms with E-state index in [-0.39, 0.29) is 11.6 Å². The van der Waals surface area contributed by atoms with Gasteiger partial charge in [-0.25, -0.2) is 0 Å². The number of rotatable bonds is 6. The molecule has 0 atom stereocenters. The molecule has 19 heavy (non-hydrogen) atoms. The van der Waals surface area contributed by atoms with Crippen molar-refractivity contribution < 1.29 is 4.74 Å². The lowest BCUT2D eigenvalue weighted by atomic mass is 9.79. The fourth-order valence-corrected chi connectivity index (χ4v) is 2.02. The Kier molecular flexibility index (Phi) is 4.07. The van der Waals surface area contributed by atoms with Gasteiger partial charge in [0.25, 0.3) is 0 Å². The predicted octanol–water partition coefficient (Wildman–Crippen LogP) is 2.45. The Morgan fingerprint density at radius 2 is 1.89 bits per heavy atom. The van der Waals surface area contributed by atoms with Gasteiger partial charge in [0.05, 0.1) is 6.10 Å². The van der Waals surface area contributed by atoms with Crippen molar-refractivity contribution in [3.05, 3.63) is 0 Å². The Hall–Kier alpha value is -1.59. The number of anilines is 2. The van der Waals surface area contributed by atoms with Crippen LogP contribution < -0.4 is 15.4 Å². The van der Waals surface area contributed by atoms with Gasteiger partial charge in [0, 0.05) is 12.1 Å². The normalized spacial score (nSPS) is 16.9. The summed E-state index contributed by atoms with van der Waals surface area (Å²) in [5.74, 6) is 1.14. The quantitative estimate of drug-likeness (QED) is 0.823. The van der Waals surface area contributed by atoms with Crippen molar-refractivity contribution in [2.45, 2.75) is 58.6 Å². The third-order valence-electron chi connectivity index (χ3n) is 3.16. The van der Waals surface area contributed by atoms with Gasteiger partial charge in [-0.2, -0.15) is 15.0 Å². The maximum atomic E-state index is 5.57. The van der Waals surface area contributed by atoms with Crippen molar-refractivity contribution in [3.8, 4) is 6.01 Å². The smallest absolute Gasteiger partial charge is 0.323 e. The molecule has 1 heterocycles. The van der Waals surface area contributed by atoms with E-state index in [2.05, 4.69) is 32.5 Å². The number of hydrogen-bond acceptors (Lipinski definition) is 6. The topological polar surface area (TPSA) is 72.0 Å². The van der Waals surface area contributed by atoms with Crippen LogP contribution in [0.5, 0.6) is 6.01 Å². The van der Waals surface area contributed by atoms with Crippen molar-refractivity contribution in [2.75, 3.05) is 17.2 Å². The molecule has 2 N–H and O–H groups in total. The second-order valence-electron chi connectivity index (χ2n) is 5.50. The van der Waals surface area contributed by atoms with Gasteiger partial charge in [0.15, 0.2) is 0 Å². The van der Waals surface area contributed by atoms with Gasteiger partial charge in [0.1, 0.15) is 0 Å². The maximum absolute atomic E-state index is 5.57. The molecule has 106 valence electrons. The Morgan fingerprint density at radius 1 is 1.21 bits per heavy atom. The molecular formula is C13H23N5O. The third kappa shape index (κ3) is 3.68. The third-order valence-corrected chi connectivity index (χ3v) is 3.16. The molecule has 0 amide bonds. The predicted molar refractivity (Wildman–Crippen MR) is 75.6 cm³/mol. The van der Waals surface area contributed by atoms with Crippen molar-refractivity contribution in [1.29, 1.82) is 0 Å². The average Bonchev–Trinajstić information content (AvgIpc) is 2.26. The largest absolute Gasteiger partial charge is 0.461 e. The summed E-state index contributed by atoms with van der Waals surface area (Å²) in [5.41, 5.74) is 0.111. The molecule has 0 aliphatic heterocycles. The van der Waals surface area contributed by atoms with Crippen LogP contribution in [0.3, 0.4) is 0 Å². The van der Waals surface area contributed by atoms with Crippen molar-refractivity contribution in [2.24, 2.45) is 0 Å². The van der Waals surface area contributed by atoms with Gasteiger partial charge in [-0.05, 0) is 47.0 Å². The summed E-state index contributed by atoms with van der Waals surface area (Å²) in [6.45, 7) is 8.87. The number of aromatic nitrogens is 3. The second kappa shape index (κ2) is 5.59. The Labute approximate surface area is 114 Å². The molecule has 1 aromatic rings. The van der Waals surface area contributed by atoms with Gasteiger partial charge >= 0.3 is 6.01 Å². The highest BCUT2D eigenvalue weighted by atomic mass is 16.5. The summed E-state index contributed by atoms with van der Waals surface area (Å²) in [6, 6.07) is 0.367. The minimum Gasteiger partial charge on any atom is -0.461 e. The number of nitrogens with zero attached hydrogens (tertiary/aromatic N) is 3. The van der Waals surface area contributed by atoms with Crippen LogP contribution in [-0.2, 0) is 0 Å². The van der Waals surface area contributed by atoms with E-state index in [1.165, 1.54) is 6.42 Å². The zero-order valence-electron chi connectivity index (χ0n) is 12.2. The van der Waals surface area contributed by atoms with E-state index in [4.69, 9.17) is 4.74 Å². The van der Waals surface area contributed by atoms with E-state index >= 15 is 0 Å². The average molecular weight is 265 g/mol. The van der Waals surface area contributed by atoms with Gasteiger partial charge in [-0.3, -0.25) is 0 Å². The highest BCUT2D eigenvalue weighted by Gasteiger charge is 2.32. The van der Waals surface area contributed by atoms with Gasteiger partial charge < -0.3 is 15.4 Å². The monoisotopic (exact) mass is 265 g/mol. The summed E-state index contributed by atoms with van der Waals surface area (Å²) >= 11 is 0. The number of nitrogens with one attached hydrogen (secondary N) is 2. The summed E-state index contributed by atoms with van der Waals surface area (Å²) in [4.78, 5) is 12.9. The lowest BCUT2D eigenvalue weighted by Gasteiger charge is -2.39. The molecule has 0 spiro atoms. The fraction of sp³-hybridized carbons (Fsp3) is 0.769. The van der Waals surface area contributed by atoms with Crippen LogP contribution in [0.15, 0.2) is 0 Å². The Morgan fingerprint density at radius 3 is 2.42 bits per heavy atom. The molecular weight excluding hydrogens is 242 g/mol. The van der Waals surface area contributed by atoms with Gasteiger partial charge in [-0.1, -0.05) is 0 Å². The highest BCUT2D eigenvalue weighted by Crippen LogP contribution is 2.34. The van der Waals surface area contributed by atoms with Crippen molar-refractivity contribution in [3.63, 3.8) is 0 Å². The summed E-state index contributed by atoms with van der Waals surface area (Å²) in [7, 11) is 0. The standard InChI is InChI=1S/C13H23N5O/c1-5-14-10-15-11(18-13(4)7-6-8-13)17-12(16-10)19-9(2)3/h9H,5-8H2,1-4H3,(H2,14,15,16,17,18). The molecule has 1 fully saturated rings. The minimum absolute atomic E-state index is 0.0454. The van der Waals surface area contributed by atoms with E-state index in [9.17, 15) is 0 Å². The minimum atomic E-state index is 0.0454. The van der Waals surface area contributed by atoms with Crippen LogP contribution in [-0.4, -0.2) is 33.1 Å². The highest BCUT2D eigenvalue weighted by molar-refractivity contribution is 5.38. The van der Waals surface area contributed by atoms with Crippen LogP contribution in [0.1, 0.15) is 47.0 Å². The van der Waals surface area contributed by atoms with Crippen LogP contribution in [0.2, 0.25) is 0 Å². The molecule has 0 saturated heterocycles. The Balaban J connectivity index is 2.17. The summed E-state index contributed by atoms with van der Waals surface area (Å²) < 4.78 is 5.57. The first-order valence-electron chi connectivity index (χ1n) is 6.95. The summed E-state index contributed by atoms with van der Waals surface area (Å²) in [6.07, 6.45) is 3.60. The molecule has 2 rings (SSSR count). The fourth-order valence-electron chi connectivity index (χ4n) is 2.02. The van der Waals surface area contributed by atoms with E-state index < -0.39 is 0 Å². The van der Waals surface area contributed by atoms with Crippen LogP contribution in [0.4, 0.5) is 11.9 Å². The first kappa shape index (κ1) is 13.8. The lowest BCUT2D eigenvalue weighted by Crippen LogP contribution is -2.42. The number of ether oxygens (including phenoxy) is 1. The zero-order valence-corrected chi connectivity index (χ0v) is 12.2.